The molecule has 0 spiro atoms. The molecule has 0 radical (unpaired) electrons. The Bertz CT molecular complexity index is 1480. The minimum atomic E-state index is -0.563. The average molecular weight is 892 g/mol. The van der Waals surface area contributed by atoms with Crippen molar-refractivity contribution < 1.29 is 33.6 Å². The Morgan fingerprint density at radius 1 is 0.594 bits per heavy atom. The number of hydrogen-bond acceptors (Lipinski definition) is 8. The minimum absolute atomic E-state index is 0.0504. The van der Waals surface area contributed by atoms with Gasteiger partial charge in [0.1, 0.15) is 18.1 Å². The van der Waals surface area contributed by atoms with Crippen LogP contribution in [0.5, 0.6) is 28.7 Å². The fourth-order valence-electron chi connectivity index (χ4n) is 8.38. The van der Waals surface area contributed by atoms with Crippen LogP contribution in [0.1, 0.15) is 250 Å². The van der Waals surface area contributed by atoms with Crippen molar-refractivity contribution in [2.75, 3.05) is 26.4 Å². The number of aromatic hydroxyl groups is 1. The molecule has 1 heterocycles. The lowest BCUT2D eigenvalue weighted by Gasteiger charge is -2.19. The number of esters is 1. The monoisotopic (exact) mass is 892 g/mol. The Morgan fingerprint density at radius 2 is 1.00 bits per heavy atom. The van der Waals surface area contributed by atoms with Gasteiger partial charge in [-0.05, 0) is 49.4 Å². The standard InChI is InChI=1S/C56H93NO7/c1-6-10-13-16-19-22-25-28-31-34-39-60-52-42-47(56(59)64-48-37-38-49(51(58)44-48)55-57-50(45-63-55)46(5)9-4)43-53(61-40-35-32-29-26-23-20-17-14-11-7-2)54(52)62-41-36-33-30-27-24-21-18-15-12-8-3/h37-38,42-44,46,50,58H,6-36,39-41,45H2,1-5H3/t46?,50-/m1/s1. The second kappa shape index (κ2) is 35.8. The van der Waals surface area contributed by atoms with Gasteiger partial charge >= 0.3 is 5.97 Å². The Balaban J connectivity index is 1.72. The predicted molar refractivity (Wildman–Crippen MR) is 267 cm³/mol. The third kappa shape index (κ3) is 23.2. The zero-order valence-corrected chi connectivity index (χ0v) is 41.6. The molecule has 1 aliphatic heterocycles. The molecule has 0 amide bonds. The Hall–Kier alpha value is -3.42. The molecule has 3 rings (SSSR count). The highest BCUT2D eigenvalue weighted by Gasteiger charge is 2.26. The maximum Gasteiger partial charge on any atom is 0.343 e. The van der Waals surface area contributed by atoms with Crippen molar-refractivity contribution in [3.63, 3.8) is 0 Å². The van der Waals surface area contributed by atoms with Crippen LogP contribution in [0.3, 0.4) is 0 Å². The van der Waals surface area contributed by atoms with Gasteiger partial charge in [0.25, 0.3) is 0 Å². The number of phenols is 1. The molecule has 0 bridgehead atoms. The topological polar surface area (TPSA) is 95.8 Å². The molecule has 64 heavy (non-hydrogen) atoms. The highest BCUT2D eigenvalue weighted by atomic mass is 16.5. The number of carbonyl (C=O) groups excluding carboxylic acids is 1. The second-order valence-electron chi connectivity index (χ2n) is 18.7. The summed E-state index contributed by atoms with van der Waals surface area (Å²) in [4.78, 5) is 18.6. The van der Waals surface area contributed by atoms with E-state index in [4.69, 9.17) is 28.7 Å². The van der Waals surface area contributed by atoms with Gasteiger partial charge in [-0.2, -0.15) is 0 Å². The molecular formula is C56H93NO7. The molecule has 0 saturated carbocycles. The fourth-order valence-corrected chi connectivity index (χ4v) is 8.38. The van der Waals surface area contributed by atoms with E-state index in [1.807, 2.05) is 0 Å². The quantitative estimate of drug-likeness (QED) is 0.0403. The first-order valence-corrected chi connectivity index (χ1v) is 26.7. The Kier molecular flexibility index (Phi) is 30.7. The Labute approximate surface area is 391 Å². The summed E-state index contributed by atoms with van der Waals surface area (Å²) in [5.41, 5.74) is 0.797. The summed E-state index contributed by atoms with van der Waals surface area (Å²) in [5.74, 6) is 2.01. The molecule has 1 unspecified atom stereocenters. The first-order valence-electron chi connectivity index (χ1n) is 26.7. The molecular weight excluding hydrogens is 799 g/mol. The maximum atomic E-state index is 13.9. The molecule has 1 aliphatic rings. The summed E-state index contributed by atoms with van der Waals surface area (Å²) < 4.78 is 31.3. The van der Waals surface area contributed by atoms with Gasteiger partial charge < -0.3 is 28.8 Å². The van der Waals surface area contributed by atoms with E-state index in [0.717, 1.165) is 44.9 Å². The van der Waals surface area contributed by atoms with E-state index in [9.17, 15) is 9.90 Å². The first kappa shape index (κ1) is 54.9. The third-order valence-electron chi connectivity index (χ3n) is 12.9. The number of carbonyl (C=O) groups is 1. The van der Waals surface area contributed by atoms with Gasteiger partial charge in [0.15, 0.2) is 11.5 Å². The van der Waals surface area contributed by atoms with Crippen molar-refractivity contribution in [3.05, 3.63) is 41.5 Å². The minimum Gasteiger partial charge on any atom is -0.507 e. The summed E-state index contributed by atoms with van der Waals surface area (Å²) in [6.07, 6.45) is 38.4. The van der Waals surface area contributed by atoms with Crippen LogP contribution in [0.4, 0.5) is 0 Å². The van der Waals surface area contributed by atoms with Gasteiger partial charge in [-0.1, -0.05) is 214 Å². The van der Waals surface area contributed by atoms with Crippen molar-refractivity contribution in [2.45, 2.75) is 240 Å². The van der Waals surface area contributed by atoms with Gasteiger partial charge in [0.05, 0.1) is 37.0 Å². The van der Waals surface area contributed by atoms with Crippen molar-refractivity contribution >= 4 is 11.9 Å². The van der Waals surface area contributed by atoms with Crippen LogP contribution in [-0.2, 0) is 4.74 Å². The van der Waals surface area contributed by atoms with E-state index in [1.54, 1.807) is 24.3 Å². The van der Waals surface area contributed by atoms with Crippen molar-refractivity contribution in [1.29, 1.82) is 0 Å². The smallest absolute Gasteiger partial charge is 0.343 e. The van der Waals surface area contributed by atoms with Gasteiger partial charge in [0.2, 0.25) is 11.6 Å². The summed E-state index contributed by atoms with van der Waals surface area (Å²) in [7, 11) is 0. The van der Waals surface area contributed by atoms with Gasteiger partial charge in [0, 0.05) is 6.07 Å². The molecule has 2 aromatic rings. The SMILES string of the molecule is CCCCCCCCCCCCOc1cc(C(=O)Oc2ccc(C3=N[C@@H](C(C)CC)CO3)c(O)c2)cc(OCCCCCCCCCCCC)c1OCCCCCCCCCCCC. The normalized spacial score (nSPS) is 14.0. The second-order valence-corrected chi connectivity index (χ2v) is 18.7. The number of rotatable bonds is 41. The van der Waals surface area contributed by atoms with E-state index in [-0.39, 0.29) is 17.5 Å². The largest absolute Gasteiger partial charge is 0.507 e. The Morgan fingerprint density at radius 3 is 1.41 bits per heavy atom. The fraction of sp³-hybridized carbons (Fsp3) is 0.750. The molecule has 8 heteroatoms. The van der Waals surface area contributed by atoms with Crippen LogP contribution in [0.25, 0.3) is 0 Å². The average Bonchev–Trinajstić information content (AvgIpc) is 3.79. The summed E-state index contributed by atoms with van der Waals surface area (Å²) >= 11 is 0. The van der Waals surface area contributed by atoms with Gasteiger partial charge in [-0.25, -0.2) is 9.79 Å². The molecule has 2 atom stereocenters. The molecule has 8 nitrogen and oxygen atoms in total. The molecule has 364 valence electrons. The third-order valence-corrected chi connectivity index (χ3v) is 12.9. The molecule has 0 saturated heterocycles. The summed E-state index contributed by atoms with van der Waals surface area (Å²) in [5, 5.41) is 11.0. The summed E-state index contributed by atoms with van der Waals surface area (Å²) in [6.45, 7) is 13.2. The lowest BCUT2D eigenvalue weighted by atomic mass is 10.0. The number of nitrogens with zero attached hydrogens (tertiary/aromatic N) is 1. The highest BCUT2D eigenvalue weighted by molar-refractivity contribution is 5.98. The van der Waals surface area contributed by atoms with E-state index >= 15 is 0 Å². The number of ether oxygens (including phenoxy) is 5. The zero-order valence-electron chi connectivity index (χ0n) is 41.6. The van der Waals surface area contributed by atoms with Crippen LogP contribution in [-0.4, -0.2) is 49.4 Å². The zero-order chi connectivity index (χ0) is 45.9. The van der Waals surface area contributed by atoms with Gasteiger partial charge in [-0.15, -0.1) is 0 Å². The first-order chi connectivity index (χ1) is 31.4. The molecule has 1 N–H and O–H groups in total. The van der Waals surface area contributed by atoms with Crippen LogP contribution in [0, 0.1) is 5.92 Å². The van der Waals surface area contributed by atoms with E-state index in [2.05, 4.69) is 34.6 Å². The van der Waals surface area contributed by atoms with Crippen LogP contribution >= 0.6 is 0 Å². The molecule has 2 aromatic carbocycles. The van der Waals surface area contributed by atoms with Crippen molar-refractivity contribution in [3.8, 4) is 28.7 Å². The molecule has 0 aliphatic carbocycles. The maximum absolute atomic E-state index is 13.9. The van der Waals surface area contributed by atoms with Crippen LogP contribution in [0.15, 0.2) is 35.3 Å². The number of phenolic OH excluding ortho intramolecular Hbond substituents is 1. The lowest BCUT2D eigenvalue weighted by molar-refractivity contribution is 0.0733. The number of hydrogen-bond donors (Lipinski definition) is 1. The van der Waals surface area contributed by atoms with Gasteiger partial charge in [-0.3, -0.25) is 0 Å². The summed E-state index contributed by atoms with van der Waals surface area (Å²) in [6, 6.07) is 8.36. The van der Waals surface area contributed by atoms with Crippen LogP contribution in [0.2, 0.25) is 0 Å². The van der Waals surface area contributed by atoms with E-state index < -0.39 is 5.97 Å². The van der Waals surface area contributed by atoms with E-state index in [0.29, 0.717) is 66.6 Å². The number of benzene rings is 2. The van der Waals surface area contributed by atoms with Crippen molar-refractivity contribution in [1.82, 2.24) is 0 Å². The van der Waals surface area contributed by atoms with Crippen LogP contribution < -0.4 is 18.9 Å². The predicted octanol–water partition coefficient (Wildman–Crippen LogP) is 16.7. The van der Waals surface area contributed by atoms with E-state index in [1.165, 1.54) is 160 Å². The van der Waals surface area contributed by atoms with Crippen molar-refractivity contribution in [2.24, 2.45) is 10.9 Å². The number of aliphatic imine (C=N–C) groups is 1. The molecule has 0 aromatic heterocycles. The lowest BCUT2D eigenvalue weighted by Crippen LogP contribution is -2.16. The number of unbranched alkanes of at least 4 members (excludes halogenated alkanes) is 27. The highest BCUT2D eigenvalue weighted by Crippen LogP contribution is 2.40. The molecule has 0 fully saturated rings.